The Morgan fingerprint density at radius 1 is 0.367 bits per heavy atom. The zero-order valence-electron chi connectivity index (χ0n) is 38.7. The van der Waals surface area contributed by atoms with E-state index in [0.717, 1.165) is 55.0 Å². The highest BCUT2D eigenvalue weighted by Gasteiger charge is 2.17. The molecule has 0 radical (unpaired) electrons. The molecule has 0 aliphatic carbocycles. The van der Waals surface area contributed by atoms with Gasteiger partial charge in [0.25, 0.3) is 0 Å². The first-order chi connectivity index (χ1) is 29.7. The molecule has 0 atom stereocenters. The van der Waals surface area contributed by atoms with Gasteiger partial charge in [-0.2, -0.15) is 0 Å². The molecule has 10 rings (SSSR count). The van der Waals surface area contributed by atoms with Gasteiger partial charge in [-0.3, -0.25) is 0 Å². The van der Waals surface area contributed by atoms with E-state index >= 15 is 0 Å². The van der Waals surface area contributed by atoms with Gasteiger partial charge in [-0.25, -0.2) is 0 Å². The van der Waals surface area contributed by atoms with E-state index in [2.05, 4.69) is 18.2 Å². The Morgan fingerprint density at radius 3 is 1.63 bits per heavy atom. The van der Waals surface area contributed by atoms with Gasteiger partial charge in [0, 0.05) is 16.3 Å². The van der Waals surface area contributed by atoms with Gasteiger partial charge in [-0.05, 0) is 95.5 Å². The van der Waals surface area contributed by atoms with Gasteiger partial charge < -0.3 is 4.42 Å². The third-order valence-electron chi connectivity index (χ3n) is 9.17. The molecule has 1 heteroatoms. The molecule has 228 valence electrons. The molecule has 0 spiro atoms. The highest BCUT2D eigenvalue weighted by atomic mass is 16.3. The van der Waals surface area contributed by atoms with Crippen molar-refractivity contribution in [1.29, 1.82) is 0 Å². The Morgan fingerprint density at radius 2 is 0.939 bits per heavy atom. The first-order valence-corrected chi connectivity index (χ1v) is 15.8. The highest BCUT2D eigenvalue weighted by Crippen LogP contribution is 2.44. The predicted molar refractivity (Wildman–Crippen MR) is 208 cm³/mol. The summed E-state index contributed by atoms with van der Waals surface area (Å²) >= 11 is 0. The molecule has 1 aromatic heterocycles. The Bertz CT molecular complexity index is 3510. The van der Waals surface area contributed by atoms with Gasteiger partial charge in [0.05, 0.1) is 17.8 Å². The van der Waals surface area contributed by atoms with Crippen LogP contribution in [0.15, 0.2) is 186 Å². The second-order valence-corrected chi connectivity index (χ2v) is 11.9. The Hall–Kier alpha value is -6.44. The maximum atomic E-state index is 9.25. The predicted octanol–water partition coefficient (Wildman–Crippen LogP) is 13.7. The Kier molecular flexibility index (Phi) is 3.99. The summed E-state index contributed by atoms with van der Waals surface area (Å²) in [4.78, 5) is 0. The minimum Gasteiger partial charge on any atom is -0.455 e. The molecule has 10 aromatic rings. The quantitative estimate of drug-likeness (QED) is 0.175. The van der Waals surface area contributed by atoms with E-state index in [1.165, 1.54) is 0 Å². The van der Waals surface area contributed by atoms with Gasteiger partial charge in [-0.1, -0.05) is 157 Å². The van der Waals surface area contributed by atoms with Crippen molar-refractivity contribution in [2.75, 3.05) is 0 Å². The molecule has 0 aliphatic heterocycles. The van der Waals surface area contributed by atoms with E-state index in [1.54, 1.807) is 12.1 Å². The summed E-state index contributed by atoms with van der Waals surface area (Å²) in [5, 5.41) is 2.78. The molecule has 9 aromatic carbocycles. The van der Waals surface area contributed by atoms with Crippen molar-refractivity contribution in [2.45, 2.75) is 0 Å². The van der Waals surface area contributed by atoms with E-state index in [4.69, 9.17) is 16.8 Å². The Labute approximate surface area is 302 Å². The number of hydrogen-bond donors (Lipinski definition) is 0. The minimum absolute atomic E-state index is 0.0863. The van der Waals surface area contributed by atoms with Crippen molar-refractivity contribution in [3.05, 3.63) is 182 Å². The molecule has 0 bridgehead atoms. The summed E-state index contributed by atoms with van der Waals surface area (Å²) in [6.07, 6.45) is 0. The second kappa shape index (κ2) is 11.1. The molecule has 0 amide bonds. The minimum atomic E-state index is -0.711. The number of benzene rings is 9. The number of hydrogen-bond acceptors (Lipinski definition) is 1. The summed E-state index contributed by atoms with van der Waals surface area (Å²) in [6, 6.07) is 25.2. The van der Waals surface area contributed by atoms with E-state index < -0.39 is 84.1 Å². The van der Waals surface area contributed by atoms with Crippen LogP contribution in [0.3, 0.4) is 0 Å². The molecule has 0 fully saturated rings. The zero-order valence-corrected chi connectivity index (χ0v) is 25.7. The van der Waals surface area contributed by atoms with Gasteiger partial charge >= 0.3 is 0 Å². The number of fused-ring (bicyclic) bond motifs is 6. The molecule has 1 heterocycles. The summed E-state index contributed by atoms with van der Waals surface area (Å²) in [7, 11) is 0. The van der Waals surface area contributed by atoms with Crippen molar-refractivity contribution in [1.82, 2.24) is 0 Å². The van der Waals surface area contributed by atoms with Crippen molar-refractivity contribution in [3.63, 3.8) is 0 Å². The van der Waals surface area contributed by atoms with Crippen LogP contribution in [0.25, 0.3) is 98.8 Å². The van der Waals surface area contributed by atoms with E-state index in [9.17, 15) is 5.48 Å². The van der Waals surface area contributed by atoms with Crippen LogP contribution in [0, 0.1) is 0 Å². The van der Waals surface area contributed by atoms with E-state index in [1.807, 2.05) is 72.8 Å². The molecule has 0 saturated heterocycles. The van der Waals surface area contributed by atoms with Crippen LogP contribution < -0.4 is 0 Å². The number of para-hydroxylation sites is 1. The summed E-state index contributed by atoms with van der Waals surface area (Å²) in [6.45, 7) is 0. The maximum absolute atomic E-state index is 9.25. The third-order valence-corrected chi connectivity index (χ3v) is 9.17. The summed E-state index contributed by atoms with van der Waals surface area (Å²) in [5.74, 6) is 0. The van der Waals surface area contributed by atoms with Crippen LogP contribution in [0.1, 0.15) is 17.8 Å². The number of furan rings is 1. The van der Waals surface area contributed by atoms with Crippen molar-refractivity contribution in [3.8, 4) is 44.5 Å². The van der Waals surface area contributed by atoms with Gasteiger partial charge in [-0.15, -0.1) is 0 Å². The summed E-state index contributed by atoms with van der Waals surface area (Å²) < 4.78 is 121. The van der Waals surface area contributed by atoms with Gasteiger partial charge in [0.1, 0.15) is 11.2 Å². The van der Waals surface area contributed by atoms with Crippen molar-refractivity contribution >= 4 is 54.3 Å². The average Bonchev–Trinajstić information content (AvgIpc) is 3.67. The average molecular weight is 636 g/mol. The van der Waals surface area contributed by atoms with Gasteiger partial charge in [0.2, 0.25) is 0 Å². The van der Waals surface area contributed by atoms with Crippen LogP contribution >= 0.6 is 0 Å². The molecule has 0 aliphatic rings. The summed E-state index contributed by atoms with van der Waals surface area (Å²) in [5.41, 5.74) is 5.18. The second-order valence-electron chi connectivity index (χ2n) is 11.9. The van der Waals surface area contributed by atoms with E-state index in [-0.39, 0.29) is 32.7 Å². The normalized spacial score (nSPS) is 15.4. The van der Waals surface area contributed by atoms with Crippen LogP contribution in [-0.2, 0) is 0 Å². The lowest BCUT2D eigenvalue weighted by Gasteiger charge is -2.18. The Balaban J connectivity index is 1.22. The topological polar surface area (TPSA) is 13.1 Å². The zero-order chi connectivity index (χ0) is 43.6. The van der Waals surface area contributed by atoms with Crippen molar-refractivity contribution in [2.24, 2.45) is 0 Å². The maximum Gasteiger partial charge on any atom is 0.143 e. The van der Waals surface area contributed by atoms with Crippen LogP contribution in [0.4, 0.5) is 0 Å². The molecular weight excluding hydrogens is 593 g/mol. The van der Waals surface area contributed by atoms with Crippen LogP contribution in [0.5, 0.6) is 0 Å². The fraction of sp³-hybridized carbons (Fsp3) is 0. The molecule has 49 heavy (non-hydrogen) atoms. The fourth-order valence-corrected chi connectivity index (χ4v) is 6.94. The molecule has 0 N–H and O–H groups in total. The lowest BCUT2D eigenvalue weighted by atomic mass is 9.85. The molecule has 1 nitrogen and oxygen atoms in total. The van der Waals surface area contributed by atoms with Crippen LogP contribution in [-0.4, -0.2) is 0 Å². The first kappa shape index (κ1) is 17.6. The SMILES string of the molecule is [2H]c1c([2H])c([2H])c(-c2c3c([2H])c([2H])c([2H])c([2H])c3c(-c3ccc4cc(-c5ccc6oc7c(-c8ccccc8)cccc7c6c5)ccc4c3)c3c([2H])c([2H])c([2H])c([2H])c23)c([2H])c1[2H]. The molecule has 0 saturated carbocycles. The third kappa shape index (κ3) is 4.47. The first-order valence-electron chi connectivity index (χ1n) is 22.3. The van der Waals surface area contributed by atoms with E-state index in [0.29, 0.717) is 5.56 Å². The molecule has 0 unspecified atom stereocenters. The smallest absolute Gasteiger partial charge is 0.143 e. The lowest BCUT2D eigenvalue weighted by molar-refractivity contribution is 0.670. The van der Waals surface area contributed by atoms with Crippen molar-refractivity contribution < 1.29 is 22.2 Å². The lowest BCUT2D eigenvalue weighted by Crippen LogP contribution is -1.90. The molecular formula is C48H30O. The fourth-order valence-electron chi connectivity index (χ4n) is 6.94. The number of rotatable bonds is 4. The standard InChI is InChI=1S/C48H30O/c1-3-12-31(13-4-1)38-20-11-21-43-44-30-36(26-27-45(44)49-48(38)43)34-22-23-35-29-37(25-24-33(35)28-34)47-41-18-9-7-16-39(41)46(32-14-5-2-6-15-32)40-17-8-10-19-42(40)47/h1-30H/i2D,5D,6D,7D,8D,9D,10D,14D,15D,16D,17D,18D,19D. The largest absolute Gasteiger partial charge is 0.455 e. The highest BCUT2D eigenvalue weighted by molar-refractivity contribution is 6.21. The van der Waals surface area contributed by atoms with Gasteiger partial charge in [0.15, 0.2) is 0 Å². The monoisotopic (exact) mass is 635 g/mol. The van der Waals surface area contributed by atoms with Crippen LogP contribution in [0.2, 0.25) is 0 Å².